The highest BCUT2D eigenvalue weighted by atomic mass is 32.2. The number of hydrogen-bond donors (Lipinski definition) is 0. The molecule has 2 rings (SSSR count). The fourth-order valence-electron chi connectivity index (χ4n) is 1.95. The van der Waals surface area contributed by atoms with Gasteiger partial charge in [0.1, 0.15) is 5.82 Å². The number of nitrogens with zero attached hydrogens (tertiary/aromatic N) is 1. The van der Waals surface area contributed by atoms with Gasteiger partial charge in [-0.05, 0) is 25.0 Å². The number of hydrogen-bond acceptors (Lipinski definition) is 3. The Kier molecular flexibility index (Phi) is 4.36. The van der Waals surface area contributed by atoms with E-state index in [4.69, 9.17) is 0 Å². The van der Waals surface area contributed by atoms with Gasteiger partial charge in [-0.15, -0.1) is 11.8 Å². The molecule has 0 unspecified atom stereocenters. The summed E-state index contributed by atoms with van der Waals surface area (Å²) in [7, 11) is 0. The highest BCUT2D eigenvalue weighted by molar-refractivity contribution is 8.00. The Bertz CT molecular complexity index is 458. The third-order valence-electron chi connectivity index (χ3n) is 2.94. The molecule has 1 aromatic carbocycles. The number of carbonyl (C=O) groups is 2. The number of thioether (sulfide) groups is 1. The topological polar surface area (TPSA) is 37.4 Å². The van der Waals surface area contributed by atoms with Gasteiger partial charge in [-0.25, -0.2) is 4.39 Å². The number of rotatable bonds is 4. The van der Waals surface area contributed by atoms with Crippen molar-refractivity contribution in [3.8, 4) is 0 Å². The standard InChI is InChI=1S/C13H14FNO2S/c14-11-4-3-5-12(10(11)8-16)18-9-13(17)15-6-1-2-7-15/h3-5,8H,1-2,6-7,9H2. The van der Waals surface area contributed by atoms with E-state index in [1.165, 1.54) is 17.8 Å². The Hall–Kier alpha value is -1.36. The second kappa shape index (κ2) is 6.00. The molecule has 1 aliphatic rings. The van der Waals surface area contributed by atoms with Crippen LogP contribution in [0.2, 0.25) is 0 Å². The van der Waals surface area contributed by atoms with Crippen LogP contribution in [0.25, 0.3) is 0 Å². The lowest BCUT2D eigenvalue weighted by Gasteiger charge is -2.15. The van der Waals surface area contributed by atoms with Gasteiger partial charge in [-0.2, -0.15) is 0 Å². The van der Waals surface area contributed by atoms with E-state index in [2.05, 4.69) is 0 Å². The van der Waals surface area contributed by atoms with Gasteiger partial charge < -0.3 is 4.90 Å². The van der Waals surface area contributed by atoms with Crippen LogP contribution >= 0.6 is 11.8 Å². The third kappa shape index (κ3) is 2.90. The van der Waals surface area contributed by atoms with Crippen LogP contribution in [0, 0.1) is 5.82 Å². The van der Waals surface area contributed by atoms with Gasteiger partial charge in [-0.1, -0.05) is 6.07 Å². The molecule has 0 aromatic heterocycles. The van der Waals surface area contributed by atoms with Crippen molar-refractivity contribution in [1.29, 1.82) is 0 Å². The SMILES string of the molecule is O=Cc1c(F)cccc1SCC(=O)N1CCCC1. The van der Waals surface area contributed by atoms with Crippen molar-refractivity contribution in [2.75, 3.05) is 18.8 Å². The monoisotopic (exact) mass is 267 g/mol. The van der Waals surface area contributed by atoms with Crippen LogP contribution in [0.4, 0.5) is 4.39 Å². The molecule has 0 atom stereocenters. The van der Waals surface area contributed by atoms with E-state index in [1.54, 1.807) is 12.1 Å². The van der Waals surface area contributed by atoms with E-state index < -0.39 is 5.82 Å². The number of benzene rings is 1. The van der Waals surface area contributed by atoms with Crippen molar-refractivity contribution in [2.24, 2.45) is 0 Å². The van der Waals surface area contributed by atoms with Crippen molar-refractivity contribution >= 4 is 24.0 Å². The van der Waals surface area contributed by atoms with Gasteiger partial charge in [0.05, 0.1) is 11.3 Å². The molecule has 0 bridgehead atoms. The van der Waals surface area contributed by atoms with E-state index in [-0.39, 0.29) is 17.2 Å². The van der Waals surface area contributed by atoms with Gasteiger partial charge in [0.25, 0.3) is 0 Å². The molecule has 1 saturated heterocycles. The van der Waals surface area contributed by atoms with E-state index in [9.17, 15) is 14.0 Å². The maximum atomic E-state index is 13.3. The molecular weight excluding hydrogens is 253 g/mol. The van der Waals surface area contributed by atoms with Crippen LogP contribution in [-0.2, 0) is 4.79 Å². The predicted molar refractivity (Wildman–Crippen MR) is 68.3 cm³/mol. The molecule has 18 heavy (non-hydrogen) atoms. The molecule has 1 aliphatic heterocycles. The zero-order chi connectivity index (χ0) is 13.0. The van der Waals surface area contributed by atoms with Gasteiger partial charge in [0.2, 0.25) is 5.91 Å². The Balaban J connectivity index is 1.99. The lowest BCUT2D eigenvalue weighted by Crippen LogP contribution is -2.29. The molecule has 0 saturated carbocycles. The summed E-state index contributed by atoms with van der Waals surface area (Å²) in [6.45, 7) is 1.62. The molecule has 1 aromatic rings. The molecule has 96 valence electrons. The van der Waals surface area contributed by atoms with Crippen molar-refractivity contribution in [1.82, 2.24) is 4.90 Å². The first-order valence-corrected chi connectivity index (χ1v) is 6.85. The fourth-order valence-corrected chi connectivity index (χ4v) is 2.89. The maximum Gasteiger partial charge on any atom is 0.232 e. The summed E-state index contributed by atoms with van der Waals surface area (Å²) in [6.07, 6.45) is 2.60. The maximum absolute atomic E-state index is 13.3. The average Bonchev–Trinajstić information content (AvgIpc) is 2.90. The van der Waals surface area contributed by atoms with E-state index in [1.807, 2.05) is 4.90 Å². The van der Waals surface area contributed by atoms with E-state index in [0.717, 1.165) is 25.9 Å². The quantitative estimate of drug-likeness (QED) is 0.621. The zero-order valence-electron chi connectivity index (χ0n) is 9.89. The van der Waals surface area contributed by atoms with Crippen molar-refractivity contribution in [3.05, 3.63) is 29.6 Å². The lowest BCUT2D eigenvalue weighted by atomic mass is 10.2. The van der Waals surface area contributed by atoms with Crippen LogP contribution in [-0.4, -0.2) is 35.9 Å². The average molecular weight is 267 g/mol. The number of amides is 1. The summed E-state index contributed by atoms with van der Waals surface area (Å²) >= 11 is 1.22. The number of halogens is 1. The van der Waals surface area contributed by atoms with Crippen LogP contribution in [0.5, 0.6) is 0 Å². The third-order valence-corrected chi connectivity index (χ3v) is 4.00. The molecule has 1 heterocycles. The molecule has 0 radical (unpaired) electrons. The Morgan fingerprint density at radius 3 is 2.78 bits per heavy atom. The molecule has 0 N–H and O–H groups in total. The van der Waals surface area contributed by atoms with Gasteiger partial charge in [0.15, 0.2) is 6.29 Å². The van der Waals surface area contributed by atoms with E-state index in [0.29, 0.717) is 11.2 Å². The first-order chi connectivity index (χ1) is 8.72. The highest BCUT2D eigenvalue weighted by Gasteiger charge is 2.18. The molecule has 1 amide bonds. The Morgan fingerprint density at radius 2 is 2.11 bits per heavy atom. The minimum Gasteiger partial charge on any atom is -0.342 e. The molecule has 0 aliphatic carbocycles. The van der Waals surface area contributed by atoms with Crippen molar-refractivity contribution in [2.45, 2.75) is 17.7 Å². The number of likely N-dealkylation sites (tertiary alicyclic amines) is 1. The molecule has 3 nitrogen and oxygen atoms in total. The number of aldehydes is 1. The highest BCUT2D eigenvalue weighted by Crippen LogP contribution is 2.24. The van der Waals surface area contributed by atoms with Gasteiger partial charge in [-0.3, -0.25) is 9.59 Å². The second-order valence-electron chi connectivity index (χ2n) is 4.15. The van der Waals surface area contributed by atoms with Gasteiger partial charge >= 0.3 is 0 Å². The lowest BCUT2D eigenvalue weighted by molar-refractivity contribution is -0.127. The van der Waals surface area contributed by atoms with Crippen molar-refractivity contribution in [3.63, 3.8) is 0 Å². The van der Waals surface area contributed by atoms with Crippen LogP contribution in [0.1, 0.15) is 23.2 Å². The summed E-state index contributed by atoms with van der Waals surface area (Å²) in [5.41, 5.74) is 0.0386. The van der Waals surface area contributed by atoms with Crippen LogP contribution in [0.15, 0.2) is 23.1 Å². The predicted octanol–water partition coefficient (Wildman–Crippen LogP) is 2.35. The smallest absolute Gasteiger partial charge is 0.232 e. The Morgan fingerprint density at radius 1 is 1.39 bits per heavy atom. The summed E-state index contributed by atoms with van der Waals surface area (Å²) in [6, 6.07) is 4.45. The summed E-state index contributed by atoms with van der Waals surface area (Å²) in [5.74, 6) is -0.230. The molecular formula is C13H14FNO2S. The minimum absolute atomic E-state index is 0.0386. The first-order valence-electron chi connectivity index (χ1n) is 5.86. The number of carbonyl (C=O) groups excluding carboxylic acids is 2. The molecule has 5 heteroatoms. The summed E-state index contributed by atoms with van der Waals surface area (Å²) < 4.78 is 13.3. The normalized spacial score (nSPS) is 14.8. The van der Waals surface area contributed by atoms with Crippen LogP contribution < -0.4 is 0 Å². The molecule has 0 spiro atoms. The minimum atomic E-state index is -0.538. The molecule has 1 fully saturated rings. The largest absolute Gasteiger partial charge is 0.342 e. The van der Waals surface area contributed by atoms with Crippen molar-refractivity contribution < 1.29 is 14.0 Å². The van der Waals surface area contributed by atoms with E-state index >= 15 is 0 Å². The first kappa shape index (κ1) is 13.1. The summed E-state index contributed by atoms with van der Waals surface area (Å²) in [4.78, 5) is 25.0. The summed E-state index contributed by atoms with van der Waals surface area (Å²) in [5, 5.41) is 0. The Labute approximate surface area is 109 Å². The van der Waals surface area contributed by atoms with Gasteiger partial charge in [0, 0.05) is 18.0 Å². The fraction of sp³-hybridized carbons (Fsp3) is 0.385. The second-order valence-corrected chi connectivity index (χ2v) is 5.16. The zero-order valence-corrected chi connectivity index (χ0v) is 10.7. The van der Waals surface area contributed by atoms with Crippen LogP contribution in [0.3, 0.4) is 0 Å².